The van der Waals surface area contributed by atoms with E-state index in [1.807, 2.05) is 45.9 Å². The molecule has 0 saturated carbocycles. The highest BCUT2D eigenvalue weighted by atomic mass is 16.5. The molecule has 9 heteroatoms. The molecule has 1 atom stereocenters. The number of anilines is 1. The standard InChI is InChI=1S/C24H32N4O5/c1-15(2)33-11-7-10-25-23(31)24(5)13-27-14-26-19(22(30)32-6)20(27)21(29)28(24)18-12-16(3)8-9-17(18)4/h8-9,12,14-15H,7,10-11,13H2,1-6H3,(H,25,31)/t24-/m0/s1. The van der Waals surface area contributed by atoms with Gasteiger partial charge in [-0.15, -0.1) is 0 Å². The van der Waals surface area contributed by atoms with E-state index >= 15 is 0 Å². The van der Waals surface area contributed by atoms with Gasteiger partial charge in [0.25, 0.3) is 5.91 Å². The van der Waals surface area contributed by atoms with Crippen LogP contribution >= 0.6 is 0 Å². The molecule has 33 heavy (non-hydrogen) atoms. The van der Waals surface area contributed by atoms with Crippen LogP contribution < -0.4 is 10.2 Å². The van der Waals surface area contributed by atoms with Crippen molar-refractivity contribution in [2.45, 2.75) is 59.2 Å². The number of nitrogens with zero attached hydrogens (tertiary/aromatic N) is 3. The maximum absolute atomic E-state index is 13.8. The summed E-state index contributed by atoms with van der Waals surface area (Å²) in [7, 11) is 1.24. The third kappa shape index (κ3) is 4.78. The summed E-state index contributed by atoms with van der Waals surface area (Å²) in [6, 6.07) is 5.73. The fourth-order valence-electron chi connectivity index (χ4n) is 4.00. The van der Waals surface area contributed by atoms with Crippen molar-refractivity contribution in [2.24, 2.45) is 0 Å². The number of fused-ring (bicyclic) bond motifs is 1. The second-order valence-corrected chi connectivity index (χ2v) is 8.79. The number of nitrogens with one attached hydrogen (secondary N) is 1. The smallest absolute Gasteiger partial charge is 0.359 e. The fourth-order valence-corrected chi connectivity index (χ4v) is 4.00. The van der Waals surface area contributed by atoms with Gasteiger partial charge in [-0.3, -0.25) is 14.5 Å². The minimum absolute atomic E-state index is 0.0638. The van der Waals surface area contributed by atoms with E-state index in [9.17, 15) is 14.4 Å². The summed E-state index contributed by atoms with van der Waals surface area (Å²) in [6.07, 6.45) is 2.18. The SMILES string of the molecule is COC(=O)c1ncn2c1C(=O)N(c1cc(C)ccc1C)[C@](C)(C(=O)NCCCOC(C)C)C2. The number of imidazole rings is 1. The van der Waals surface area contributed by atoms with Gasteiger partial charge in [0.15, 0.2) is 5.69 Å². The molecule has 0 unspecified atom stereocenters. The summed E-state index contributed by atoms with van der Waals surface area (Å²) >= 11 is 0. The Morgan fingerprint density at radius 3 is 2.67 bits per heavy atom. The molecule has 0 spiro atoms. The van der Waals surface area contributed by atoms with E-state index < -0.39 is 17.4 Å². The van der Waals surface area contributed by atoms with Gasteiger partial charge in [-0.1, -0.05) is 12.1 Å². The number of carbonyl (C=O) groups is 3. The molecule has 2 aromatic rings. The van der Waals surface area contributed by atoms with Gasteiger partial charge in [-0.2, -0.15) is 0 Å². The Hall–Kier alpha value is -3.20. The van der Waals surface area contributed by atoms with E-state index in [2.05, 4.69) is 10.3 Å². The van der Waals surface area contributed by atoms with Gasteiger partial charge in [0, 0.05) is 18.8 Å². The minimum atomic E-state index is -1.24. The van der Waals surface area contributed by atoms with Crippen LogP contribution in [0.15, 0.2) is 24.5 Å². The lowest BCUT2D eigenvalue weighted by atomic mass is 9.92. The van der Waals surface area contributed by atoms with Crippen molar-refractivity contribution < 1.29 is 23.9 Å². The maximum Gasteiger partial charge on any atom is 0.359 e. The summed E-state index contributed by atoms with van der Waals surface area (Å²) in [5, 5.41) is 2.95. The lowest BCUT2D eigenvalue weighted by molar-refractivity contribution is -0.126. The molecule has 178 valence electrons. The maximum atomic E-state index is 13.8. The van der Waals surface area contributed by atoms with Crippen molar-refractivity contribution in [3.63, 3.8) is 0 Å². The van der Waals surface area contributed by atoms with Crippen LogP contribution in [-0.2, 0) is 20.8 Å². The number of carbonyl (C=O) groups excluding carboxylic acids is 3. The lowest BCUT2D eigenvalue weighted by Gasteiger charge is -2.44. The number of hydrogen-bond acceptors (Lipinski definition) is 6. The van der Waals surface area contributed by atoms with Gasteiger partial charge >= 0.3 is 5.97 Å². The van der Waals surface area contributed by atoms with Gasteiger partial charge in [0.05, 0.1) is 26.1 Å². The van der Waals surface area contributed by atoms with E-state index in [1.165, 1.54) is 18.3 Å². The van der Waals surface area contributed by atoms with Crippen molar-refractivity contribution >= 4 is 23.5 Å². The Kier molecular flexibility index (Phi) is 7.22. The molecule has 0 saturated heterocycles. The number of aromatic nitrogens is 2. The Labute approximate surface area is 194 Å². The summed E-state index contributed by atoms with van der Waals surface area (Å²) < 4.78 is 11.9. The molecule has 9 nitrogen and oxygen atoms in total. The molecule has 1 aromatic heterocycles. The number of rotatable bonds is 8. The highest BCUT2D eigenvalue weighted by Gasteiger charge is 2.50. The van der Waals surface area contributed by atoms with E-state index in [1.54, 1.807) is 11.5 Å². The van der Waals surface area contributed by atoms with Crippen LogP contribution in [0.3, 0.4) is 0 Å². The van der Waals surface area contributed by atoms with Crippen LogP contribution in [0.25, 0.3) is 0 Å². The molecule has 2 heterocycles. The van der Waals surface area contributed by atoms with E-state index in [0.29, 0.717) is 25.3 Å². The molecule has 3 rings (SSSR count). The largest absolute Gasteiger partial charge is 0.464 e. The molecule has 1 aliphatic heterocycles. The molecule has 1 N–H and O–H groups in total. The zero-order valence-electron chi connectivity index (χ0n) is 20.1. The number of benzene rings is 1. The van der Waals surface area contributed by atoms with Crippen LogP contribution in [0.4, 0.5) is 5.69 Å². The van der Waals surface area contributed by atoms with E-state index in [0.717, 1.165) is 11.1 Å². The molecule has 1 aliphatic rings. The van der Waals surface area contributed by atoms with Crippen molar-refractivity contribution in [3.05, 3.63) is 47.0 Å². The van der Waals surface area contributed by atoms with Gasteiger partial charge < -0.3 is 19.4 Å². The first kappa shape index (κ1) is 24.4. The summed E-state index contributed by atoms with van der Waals surface area (Å²) in [5.41, 5.74) is 1.21. The first-order valence-corrected chi connectivity index (χ1v) is 11.0. The highest BCUT2D eigenvalue weighted by molar-refractivity contribution is 6.15. The number of ether oxygens (including phenoxy) is 2. The molecule has 0 aliphatic carbocycles. The first-order valence-electron chi connectivity index (χ1n) is 11.0. The lowest BCUT2D eigenvalue weighted by Crippen LogP contribution is -2.64. The molecular weight excluding hydrogens is 424 g/mol. The number of methoxy groups -OCH3 is 1. The van der Waals surface area contributed by atoms with Crippen LogP contribution in [0, 0.1) is 13.8 Å². The third-order valence-corrected chi connectivity index (χ3v) is 5.75. The number of hydrogen-bond donors (Lipinski definition) is 1. The second-order valence-electron chi connectivity index (χ2n) is 8.79. The molecule has 0 fully saturated rings. The monoisotopic (exact) mass is 456 g/mol. The average Bonchev–Trinajstić information content (AvgIpc) is 3.18. The fraction of sp³-hybridized carbons (Fsp3) is 0.500. The number of aryl methyl sites for hydroxylation is 2. The summed E-state index contributed by atoms with van der Waals surface area (Å²) in [6.45, 7) is 10.5. The molecule has 0 bridgehead atoms. The van der Waals surface area contributed by atoms with Crippen LogP contribution in [-0.4, -0.2) is 59.2 Å². The quantitative estimate of drug-likeness (QED) is 0.484. The molecule has 2 amide bonds. The van der Waals surface area contributed by atoms with Crippen molar-refractivity contribution in [1.82, 2.24) is 14.9 Å². The third-order valence-electron chi connectivity index (χ3n) is 5.75. The molecular formula is C24H32N4O5. The van der Waals surface area contributed by atoms with E-state index in [4.69, 9.17) is 9.47 Å². The average molecular weight is 457 g/mol. The summed E-state index contributed by atoms with van der Waals surface area (Å²) in [5.74, 6) is -1.47. The zero-order valence-corrected chi connectivity index (χ0v) is 20.1. The van der Waals surface area contributed by atoms with Gasteiger partial charge in [-0.05, 0) is 58.2 Å². The van der Waals surface area contributed by atoms with Crippen LogP contribution in [0.2, 0.25) is 0 Å². The molecule has 0 radical (unpaired) electrons. The highest BCUT2D eigenvalue weighted by Crippen LogP contribution is 2.36. The first-order chi connectivity index (χ1) is 15.6. The molecule has 1 aromatic carbocycles. The second kappa shape index (κ2) is 9.74. The van der Waals surface area contributed by atoms with Crippen molar-refractivity contribution in [2.75, 3.05) is 25.2 Å². The van der Waals surface area contributed by atoms with E-state index in [-0.39, 0.29) is 29.9 Å². The Bertz CT molecular complexity index is 1060. The Morgan fingerprint density at radius 1 is 1.27 bits per heavy atom. The van der Waals surface area contributed by atoms with Crippen molar-refractivity contribution in [1.29, 1.82) is 0 Å². The topological polar surface area (TPSA) is 103 Å². The van der Waals surface area contributed by atoms with Gasteiger partial charge in [-0.25, -0.2) is 9.78 Å². The Balaban J connectivity index is 2.00. The normalized spacial score (nSPS) is 17.8. The predicted octanol–water partition coefficient (Wildman–Crippen LogP) is 2.64. The Morgan fingerprint density at radius 2 is 2.00 bits per heavy atom. The number of amides is 2. The van der Waals surface area contributed by atoms with Crippen LogP contribution in [0.5, 0.6) is 0 Å². The number of esters is 1. The van der Waals surface area contributed by atoms with Crippen LogP contribution in [0.1, 0.15) is 59.3 Å². The van der Waals surface area contributed by atoms with Gasteiger partial charge in [0.1, 0.15) is 11.2 Å². The minimum Gasteiger partial charge on any atom is -0.464 e. The summed E-state index contributed by atoms with van der Waals surface area (Å²) in [4.78, 5) is 45.1. The van der Waals surface area contributed by atoms with Gasteiger partial charge in [0.2, 0.25) is 5.91 Å². The van der Waals surface area contributed by atoms with Crippen molar-refractivity contribution in [3.8, 4) is 0 Å². The predicted molar refractivity (Wildman–Crippen MR) is 123 cm³/mol. The zero-order chi connectivity index (χ0) is 24.3.